The van der Waals surface area contributed by atoms with Gasteiger partial charge in [-0.25, -0.2) is 9.13 Å². The molecular weight excluding hydrogens is 322 g/mol. The van der Waals surface area contributed by atoms with Gasteiger partial charge >= 0.3 is 15.6 Å². The third-order valence-electron chi connectivity index (χ3n) is 2.48. The summed E-state index contributed by atoms with van der Waals surface area (Å²) in [6.45, 7) is 9.09. The van der Waals surface area contributed by atoms with E-state index in [1.807, 2.05) is 34.6 Å². The van der Waals surface area contributed by atoms with Crippen molar-refractivity contribution in [2.45, 2.75) is 59.7 Å². The molecular formula is C11H26O8P2. The van der Waals surface area contributed by atoms with Crippen LogP contribution >= 0.6 is 15.6 Å². The second-order valence-corrected chi connectivity index (χ2v) is 9.05. The molecule has 0 saturated carbocycles. The van der Waals surface area contributed by atoms with Gasteiger partial charge in [0.1, 0.15) is 0 Å². The minimum Gasteiger partial charge on any atom is -0.303 e. The van der Waals surface area contributed by atoms with Gasteiger partial charge in [0.25, 0.3) is 0 Å². The van der Waals surface area contributed by atoms with Gasteiger partial charge in [-0.3, -0.25) is 9.05 Å². The van der Waals surface area contributed by atoms with E-state index in [1.54, 1.807) is 0 Å². The zero-order valence-corrected chi connectivity index (χ0v) is 14.8. The fraction of sp³-hybridized carbons (Fsp3) is 1.00. The molecule has 0 saturated heterocycles. The SMILES string of the molecule is CC(C)C[C@H](OP(=O)(O)O)[C@H](CC(C)(C)C)OP(=O)(O)O. The van der Waals surface area contributed by atoms with Crippen LogP contribution in [0.25, 0.3) is 0 Å². The van der Waals surface area contributed by atoms with Gasteiger partial charge in [0.05, 0.1) is 12.2 Å². The van der Waals surface area contributed by atoms with Gasteiger partial charge in [-0.2, -0.15) is 0 Å². The van der Waals surface area contributed by atoms with Gasteiger partial charge in [-0.05, 0) is 24.2 Å². The molecule has 0 aliphatic rings. The van der Waals surface area contributed by atoms with Crippen molar-refractivity contribution in [3.8, 4) is 0 Å². The normalized spacial score (nSPS) is 17.0. The molecule has 0 unspecified atom stereocenters. The largest absolute Gasteiger partial charge is 0.469 e. The quantitative estimate of drug-likeness (QED) is 0.491. The maximum atomic E-state index is 11.1. The summed E-state index contributed by atoms with van der Waals surface area (Å²) in [5.74, 6) is 0.00406. The first-order chi connectivity index (χ1) is 9.09. The van der Waals surface area contributed by atoms with Crippen LogP contribution in [0.1, 0.15) is 47.5 Å². The lowest BCUT2D eigenvalue weighted by Crippen LogP contribution is -2.35. The minimum absolute atomic E-state index is 0.00406. The Morgan fingerprint density at radius 1 is 0.905 bits per heavy atom. The van der Waals surface area contributed by atoms with Gasteiger partial charge in [-0.15, -0.1) is 0 Å². The number of phosphoric ester groups is 2. The van der Waals surface area contributed by atoms with Crippen LogP contribution < -0.4 is 0 Å². The average Bonchev–Trinajstić information content (AvgIpc) is 2.07. The topological polar surface area (TPSA) is 134 Å². The number of phosphoric acid groups is 2. The first-order valence-corrected chi connectivity index (χ1v) is 9.63. The van der Waals surface area contributed by atoms with E-state index in [0.29, 0.717) is 0 Å². The molecule has 0 bridgehead atoms. The average molecular weight is 348 g/mol. The molecule has 0 aliphatic heterocycles. The lowest BCUT2D eigenvalue weighted by atomic mass is 9.86. The summed E-state index contributed by atoms with van der Waals surface area (Å²) < 4.78 is 31.6. The summed E-state index contributed by atoms with van der Waals surface area (Å²) in [5, 5.41) is 0. The van der Waals surface area contributed by atoms with Crippen molar-refractivity contribution in [2.24, 2.45) is 11.3 Å². The van der Waals surface area contributed by atoms with Crippen molar-refractivity contribution < 1.29 is 37.8 Å². The second-order valence-electron chi connectivity index (χ2n) is 6.66. The highest BCUT2D eigenvalue weighted by atomic mass is 31.2. The van der Waals surface area contributed by atoms with Crippen LogP contribution in [0.2, 0.25) is 0 Å². The Bertz CT molecular complexity index is 405. The summed E-state index contributed by atoms with van der Waals surface area (Å²) in [5.41, 5.74) is -0.368. The fourth-order valence-corrected chi connectivity index (χ4v) is 3.06. The molecule has 21 heavy (non-hydrogen) atoms. The van der Waals surface area contributed by atoms with E-state index in [-0.39, 0.29) is 24.2 Å². The van der Waals surface area contributed by atoms with Crippen LogP contribution in [-0.4, -0.2) is 31.8 Å². The van der Waals surface area contributed by atoms with Crippen molar-refractivity contribution in [1.82, 2.24) is 0 Å². The monoisotopic (exact) mass is 348 g/mol. The van der Waals surface area contributed by atoms with Crippen molar-refractivity contribution in [1.29, 1.82) is 0 Å². The highest BCUT2D eigenvalue weighted by Gasteiger charge is 2.37. The zero-order chi connectivity index (χ0) is 17.1. The molecule has 0 heterocycles. The van der Waals surface area contributed by atoms with E-state index >= 15 is 0 Å². The van der Waals surface area contributed by atoms with Gasteiger partial charge in [0, 0.05) is 0 Å². The second kappa shape index (κ2) is 7.66. The molecule has 0 aliphatic carbocycles. The van der Waals surface area contributed by atoms with E-state index in [4.69, 9.17) is 28.6 Å². The Morgan fingerprint density at radius 3 is 1.57 bits per heavy atom. The van der Waals surface area contributed by atoms with Crippen molar-refractivity contribution >= 4 is 15.6 Å². The number of hydrogen-bond donors (Lipinski definition) is 4. The van der Waals surface area contributed by atoms with E-state index < -0.39 is 27.9 Å². The molecule has 0 aromatic rings. The minimum atomic E-state index is -4.80. The Hall–Kier alpha value is 0.220. The number of rotatable bonds is 8. The van der Waals surface area contributed by atoms with E-state index in [1.165, 1.54) is 0 Å². The maximum Gasteiger partial charge on any atom is 0.469 e. The lowest BCUT2D eigenvalue weighted by Gasteiger charge is -2.32. The Labute approximate surface area is 125 Å². The highest BCUT2D eigenvalue weighted by molar-refractivity contribution is 7.46. The summed E-state index contributed by atoms with van der Waals surface area (Å²) in [7, 11) is -9.60. The van der Waals surface area contributed by atoms with E-state index in [0.717, 1.165) is 0 Å². The summed E-state index contributed by atoms with van der Waals surface area (Å²) >= 11 is 0. The summed E-state index contributed by atoms with van der Waals surface area (Å²) in [6.07, 6.45) is -1.86. The molecule has 10 heteroatoms. The fourth-order valence-electron chi connectivity index (χ4n) is 1.92. The summed E-state index contributed by atoms with van der Waals surface area (Å²) in [6, 6.07) is 0. The number of hydrogen-bond acceptors (Lipinski definition) is 4. The lowest BCUT2D eigenvalue weighted by molar-refractivity contribution is -0.0133. The van der Waals surface area contributed by atoms with E-state index in [2.05, 4.69) is 0 Å². The predicted octanol–water partition coefficient (Wildman–Crippen LogP) is 2.42. The molecule has 8 nitrogen and oxygen atoms in total. The third kappa shape index (κ3) is 12.4. The first kappa shape index (κ1) is 21.2. The standard InChI is InChI=1S/C11H26O8P2/c1-8(2)6-9(18-20(12,13)14)10(7-11(3,4)5)19-21(15,16)17/h8-10H,6-7H2,1-5H3,(H2,12,13,14)(H2,15,16,17)/t9-,10-/m0/s1. The molecule has 4 N–H and O–H groups in total. The van der Waals surface area contributed by atoms with Crippen molar-refractivity contribution in [3.63, 3.8) is 0 Å². The molecule has 0 rings (SSSR count). The van der Waals surface area contributed by atoms with Crippen LogP contribution in [0, 0.1) is 11.3 Å². The van der Waals surface area contributed by atoms with Crippen LogP contribution in [0.5, 0.6) is 0 Å². The van der Waals surface area contributed by atoms with Crippen LogP contribution in [-0.2, 0) is 18.2 Å². The third-order valence-corrected chi connectivity index (χ3v) is 3.57. The molecule has 0 aromatic heterocycles. The maximum absolute atomic E-state index is 11.1. The molecule has 0 aromatic carbocycles. The van der Waals surface area contributed by atoms with Crippen LogP contribution in [0.3, 0.4) is 0 Å². The molecule has 2 atom stereocenters. The van der Waals surface area contributed by atoms with Gasteiger partial charge < -0.3 is 19.6 Å². The smallest absolute Gasteiger partial charge is 0.303 e. The predicted molar refractivity (Wildman–Crippen MR) is 77.4 cm³/mol. The Balaban J connectivity index is 5.33. The highest BCUT2D eigenvalue weighted by Crippen LogP contribution is 2.46. The first-order valence-electron chi connectivity index (χ1n) is 6.57. The van der Waals surface area contributed by atoms with Gasteiger partial charge in [-0.1, -0.05) is 34.6 Å². The van der Waals surface area contributed by atoms with Gasteiger partial charge in [0.2, 0.25) is 0 Å². The van der Waals surface area contributed by atoms with Gasteiger partial charge in [0.15, 0.2) is 0 Å². The molecule has 0 fully saturated rings. The van der Waals surface area contributed by atoms with E-state index in [9.17, 15) is 9.13 Å². The molecule has 0 spiro atoms. The zero-order valence-electron chi connectivity index (χ0n) is 13.0. The van der Waals surface area contributed by atoms with Crippen molar-refractivity contribution in [3.05, 3.63) is 0 Å². The molecule has 0 amide bonds. The Kier molecular flexibility index (Phi) is 7.74. The van der Waals surface area contributed by atoms with Crippen LogP contribution in [0.4, 0.5) is 0 Å². The molecule has 128 valence electrons. The van der Waals surface area contributed by atoms with Crippen LogP contribution in [0.15, 0.2) is 0 Å². The van der Waals surface area contributed by atoms with Crippen molar-refractivity contribution in [2.75, 3.05) is 0 Å². The Morgan fingerprint density at radius 2 is 1.29 bits per heavy atom. The molecule has 0 radical (unpaired) electrons. The summed E-state index contributed by atoms with van der Waals surface area (Å²) in [4.78, 5) is 36.0.